The summed E-state index contributed by atoms with van der Waals surface area (Å²) in [6, 6.07) is 14.0. The number of carbonyl (C=O) groups excluding carboxylic acids is 2. The third kappa shape index (κ3) is 5.52. The molecule has 0 radical (unpaired) electrons. The number of thioether (sulfide) groups is 1. The van der Waals surface area contributed by atoms with E-state index in [0.29, 0.717) is 22.9 Å². The molecular formula is C24H16Cl2FNO6S2. The monoisotopic (exact) mass is 567 g/mol. The molecule has 0 spiro atoms. The van der Waals surface area contributed by atoms with Crippen molar-refractivity contribution in [3.05, 3.63) is 92.6 Å². The summed E-state index contributed by atoms with van der Waals surface area (Å²) in [5.74, 6) is -1.33. The van der Waals surface area contributed by atoms with E-state index in [4.69, 9.17) is 32.1 Å². The van der Waals surface area contributed by atoms with Gasteiger partial charge in [0.25, 0.3) is 11.1 Å². The number of halogens is 3. The minimum atomic E-state index is -4.19. The van der Waals surface area contributed by atoms with E-state index >= 15 is 0 Å². The Morgan fingerprint density at radius 2 is 1.75 bits per heavy atom. The van der Waals surface area contributed by atoms with E-state index in [1.807, 2.05) is 0 Å². The molecule has 0 unspecified atom stereocenters. The van der Waals surface area contributed by atoms with Crippen molar-refractivity contribution >= 4 is 62.3 Å². The molecule has 12 heteroatoms. The van der Waals surface area contributed by atoms with Gasteiger partial charge in [-0.15, -0.1) is 0 Å². The number of amides is 2. The Labute approximate surface area is 220 Å². The maximum Gasteiger partial charge on any atom is 0.339 e. The molecule has 2 amide bonds. The second-order valence-corrected chi connectivity index (χ2v) is 10.7. The second-order valence-electron chi connectivity index (χ2n) is 7.39. The second kappa shape index (κ2) is 10.5. The summed E-state index contributed by atoms with van der Waals surface area (Å²) in [6.07, 6.45) is 1.42. The smallest absolute Gasteiger partial charge is 0.339 e. The Balaban J connectivity index is 1.60. The summed E-state index contributed by atoms with van der Waals surface area (Å²) in [4.78, 5) is 26.4. The van der Waals surface area contributed by atoms with Gasteiger partial charge >= 0.3 is 10.1 Å². The maximum atomic E-state index is 13.3. The fourth-order valence-electron chi connectivity index (χ4n) is 3.26. The topological polar surface area (TPSA) is 90.0 Å². The third-order valence-electron chi connectivity index (χ3n) is 4.99. The molecule has 3 aromatic rings. The number of rotatable bonds is 7. The SMILES string of the molecule is COc1cc(/C=C2\SC(=O)N(Cc3ccc(F)cc3Cl)C2=O)cc(Cl)c1OS(=O)(=O)c1ccccc1. The number of methoxy groups -OCH3 is 1. The largest absolute Gasteiger partial charge is 0.493 e. The summed E-state index contributed by atoms with van der Waals surface area (Å²) in [5, 5.41) is -0.522. The van der Waals surface area contributed by atoms with Gasteiger partial charge in [-0.3, -0.25) is 14.5 Å². The first-order valence-corrected chi connectivity index (χ1v) is 13.1. The predicted octanol–water partition coefficient (Wildman–Crippen LogP) is 6.15. The van der Waals surface area contributed by atoms with E-state index < -0.39 is 27.1 Å². The van der Waals surface area contributed by atoms with Crippen LogP contribution in [0, 0.1) is 5.82 Å². The van der Waals surface area contributed by atoms with Crippen LogP contribution in [0.15, 0.2) is 70.5 Å². The van der Waals surface area contributed by atoms with Gasteiger partial charge in [-0.1, -0.05) is 47.5 Å². The lowest BCUT2D eigenvalue weighted by Gasteiger charge is -2.14. The fourth-order valence-corrected chi connectivity index (χ4v) is 5.60. The first-order chi connectivity index (χ1) is 17.1. The van der Waals surface area contributed by atoms with Crippen molar-refractivity contribution in [3.8, 4) is 11.5 Å². The lowest BCUT2D eigenvalue weighted by atomic mass is 10.1. The van der Waals surface area contributed by atoms with Crippen LogP contribution >= 0.6 is 35.0 Å². The number of carbonyl (C=O) groups is 2. The van der Waals surface area contributed by atoms with Crippen molar-refractivity contribution in [2.75, 3.05) is 7.11 Å². The van der Waals surface area contributed by atoms with Crippen molar-refractivity contribution in [1.82, 2.24) is 4.90 Å². The molecule has 0 bridgehead atoms. The molecule has 1 fully saturated rings. The predicted molar refractivity (Wildman–Crippen MR) is 135 cm³/mol. The first-order valence-electron chi connectivity index (χ1n) is 10.2. The highest BCUT2D eigenvalue weighted by Crippen LogP contribution is 2.40. The molecule has 0 aliphatic carbocycles. The van der Waals surface area contributed by atoms with Gasteiger partial charge in [-0.2, -0.15) is 8.42 Å². The van der Waals surface area contributed by atoms with Crippen LogP contribution in [-0.4, -0.2) is 31.6 Å². The molecule has 0 atom stereocenters. The van der Waals surface area contributed by atoms with Gasteiger partial charge in [0, 0.05) is 5.02 Å². The molecule has 7 nitrogen and oxygen atoms in total. The van der Waals surface area contributed by atoms with Crippen molar-refractivity contribution in [3.63, 3.8) is 0 Å². The van der Waals surface area contributed by atoms with Crippen LogP contribution in [-0.2, 0) is 21.5 Å². The quantitative estimate of drug-likeness (QED) is 0.250. The van der Waals surface area contributed by atoms with Crippen LogP contribution in [0.5, 0.6) is 11.5 Å². The summed E-state index contributed by atoms with van der Waals surface area (Å²) in [5.41, 5.74) is 0.777. The van der Waals surface area contributed by atoms with Crippen LogP contribution in [0.2, 0.25) is 10.0 Å². The van der Waals surface area contributed by atoms with Crippen molar-refractivity contribution in [1.29, 1.82) is 0 Å². The van der Waals surface area contributed by atoms with Gasteiger partial charge in [0.15, 0.2) is 5.75 Å². The maximum absolute atomic E-state index is 13.3. The molecule has 1 saturated heterocycles. The number of benzene rings is 3. The lowest BCUT2D eigenvalue weighted by Crippen LogP contribution is -2.27. The molecule has 1 aliphatic heterocycles. The number of hydrogen-bond donors (Lipinski definition) is 0. The van der Waals surface area contributed by atoms with Crippen molar-refractivity contribution in [2.24, 2.45) is 0 Å². The lowest BCUT2D eigenvalue weighted by molar-refractivity contribution is -0.123. The Kier molecular flexibility index (Phi) is 7.60. The van der Waals surface area contributed by atoms with E-state index in [0.717, 1.165) is 11.0 Å². The summed E-state index contributed by atoms with van der Waals surface area (Å²) in [7, 11) is -2.88. The number of ether oxygens (including phenoxy) is 1. The molecule has 4 rings (SSSR count). The van der Waals surface area contributed by atoms with E-state index in [-0.39, 0.29) is 37.9 Å². The van der Waals surface area contributed by atoms with Crippen LogP contribution in [0.1, 0.15) is 11.1 Å². The molecule has 0 aromatic heterocycles. The number of hydrogen-bond acceptors (Lipinski definition) is 7. The van der Waals surface area contributed by atoms with Crippen molar-refractivity contribution < 1.29 is 31.3 Å². The molecular weight excluding hydrogens is 552 g/mol. The van der Waals surface area contributed by atoms with Crippen LogP contribution in [0.25, 0.3) is 6.08 Å². The van der Waals surface area contributed by atoms with Gasteiger partial charge in [0.1, 0.15) is 10.7 Å². The zero-order valence-electron chi connectivity index (χ0n) is 18.4. The summed E-state index contributed by atoms with van der Waals surface area (Å²) < 4.78 is 49.1. The normalized spacial score (nSPS) is 15.0. The summed E-state index contributed by atoms with van der Waals surface area (Å²) in [6.45, 7) is -0.130. The van der Waals surface area contributed by atoms with Crippen molar-refractivity contribution in [2.45, 2.75) is 11.4 Å². The van der Waals surface area contributed by atoms with Crippen LogP contribution < -0.4 is 8.92 Å². The van der Waals surface area contributed by atoms with Gasteiger partial charge in [-0.05, 0) is 65.4 Å². The van der Waals surface area contributed by atoms with Crippen LogP contribution in [0.4, 0.5) is 9.18 Å². The zero-order chi connectivity index (χ0) is 26.0. The Bertz CT molecular complexity index is 1500. The van der Waals surface area contributed by atoms with Gasteiger partial charge < -0.3 is 8.92 Å². The summed E-state index contributed by atoms with van der Waals surface area (Å²) >= 11 is 13.0. The first kappa shape index (κ1) is 26.0. The standard InChI is InChI=1S/C24H16Cl2FNO6S2/c1-33-20-10-14(9-19(26)22(20)34-36(31,32)17-5-3-2-4-6-17)11-21-23(29)28(24(30)35-21)13-15-7-8-16(27)12-18(15)25/h2-12H,13H2,1H3/b21-11-. The minimum Gasteiger partial charge on any atom is -0.493 e. The Morgan fingerprint density at radius 1 is 1.03 bits per heavy atom. The molecule has 1 heterocycles. The molecule has 186 valence electrons. The number of imide groups is 1. The Hall–Kier alpha value is -3.05. The fraction of sp³-hybridized carbons (Fsp3) is 0.0833. The van der Waals surface area contributed by atoms with E-state index in [9.17, 15) is 22.4 Å². The van der Waals surface area contributed by atoms with Gasteiger partial charge in [0.05, 0.1) is 23.6 Å². The molecule has 3 aromatic carbocycles. The zero-order valence-corrected chi connectivity index (χ0v) is 21.5. The number of nitrogens with zero attached hydrogens (tertiary/aromatic N) is 1. The third-order valence-corrected chi connectivity index (χ3v) is 7.77. The van der Waals surface area contributed by atoms with Crippen LogP contribution in [0.3, 0.4) is 0 Å². The average Bonchev–Trinajstić information content (AvgIpc) is 3.10. The van der Waals surface area contributed by atoms with E-state index in [1.165, 1.54) is 49.6 Å². The molecule has 1 aliphatic rings. The Morgan fingerprint density at radius 3 is 2.42 bits per heavy atom. The highest BCUT2D eigenvalue weighted by atomic mass is 35.5. The highest BCUT2D eigenvalue weighted by Gasteiger charge is 2.35. The molecule has 36 heavy (non-hydrogen) atoms. The van der Waals surface area contributed by atoms with Gasteiger partial charge in [-0.25, -0.2) is 4.39 Å². The van der Waals surface area contributed by atoms with E-state index in [2.05, 4.69) is 0 Å². The van der Waals surface area contributed by atoms with E-state index in [1.54, 1.807) is 18.2 Å². The highest BCUT2D eigenvalue weighted by molar-refractivity contribution is 8.18. The van der Waals surface area contributed by atoms with Gasteiger partial charge in [0.2, 0.25) is 5.75 Å². The minimum absolute atomic E-state index is 0.00517. The molecule has 0 saturated carbocycles. The molecule has 0 N–H and O–H groups in total. The average molecular weight is 568 g/mol.